The van der Waals surface area contributed by atoms with Crippen LogP contribution < -0.4 is 5.32 Å². The number of aromatic nitrogens is 2. The Morgan fingerprint density at radius 2 is 1.52 bits per heavy atom. The van der Waals surface area contributed by atoms with Crippen molar-refractivity contribution in [3.63, 3.8) is 0 Å². The third kappa shape index (κ3) is 3.46. The maximum Gasteiger partial charge on any atom is 0.0844 e. The molecule has 1 unspecified atom stereocenters. The highest BCUT2D eigenvalue weighted by atomic mass is 15.3. The molecule has 0 aliphatic carbocycles. The average molecular weight is 285 g/mol. The Labute approximate surface area is 128 Å². The Morgan fingerprint density at radius 3 is 1.95 bits per heavy atom. The van der Waals surface area contributed by atoms with E-state index in [1.54, 1.807) is 0 Å². The van der Waals surface area contributed by atoms with Crippen LogP contribution in [-0.4, -0.2) is 9.78 Å². The maximum absolute atomic E-state index is 4.51. The molecule has 0 bridgehead atoms. The van der Waals surface area contributed by atoms with E-state index in [0.29, 0.717) is 11.8 Å². The van der Waals surface area contributed by atoms with E-state index >= 15 is 0 Å². The molecule has 1 N–H and O–H groups in total. The largest absolute Gasteiger partial charge is 0.376 e. The summed E-state index contributed by atoms with van der Waals surface area (Å²) in [5.74, 6) is 1.00. The molecule has 0 saturated heterocycles. The summed E-state index contributed by atoms with van der Waals surface area (Å²) in [5, 5.41) is 8.21. The summed E-state index contributed by atoms with van der Waals surface area (Å²) in [6.45, 7) is 11.2. The van der Waals surface area contributed by atoms with Crippen molar-refractivity contribution in [3.05, 3.63) is 47.3 Å². The van der Waals surface area contributed by atoms with Gasteiger partial charge in [-0.25, -0.2) is 0 Å². The van der Waals surface area contributed by atoms with E-state index in [0.717, 1.165) is 5.69 Å². The molecule has 2 rings (SSSR count). The third-order valence-corrected chi connectivity index (χ3v) is 3.91. The zero-order valence-corrected chi connectivity index (χ0v) is 14.0. The lowest BCUT2D eigenvalue weighted by Gasteiger charge is -2.23. The number of nitrogens with one attached hydrogen (secondary N) is 1. The van der Waals surface area contributed by atoms with Gasteiger partial charge in [-0.1, -0.05) is 45.9 Å². The van der Waals surface area contributed by atoms with Crippen molar-refractivity contribution in [2.24, 2.45) is 7.05 Å². The normalized spacial score (nSPS) is 13.0. The van der Waals surface area contributed by atoms with Gasteiger partial charge in [-0.05, 0) is 36.0 Å². The smallest absolute Gasteiger partial charge is 0.0844 e. The second-order valence-electron chi connectivity index (χ2n) is 6.40. The molecule has 114 valence electrons. The standard InChI is InChI=1S/C18H27N3/c1-12(2)15-8-7-9-16(13(3)4)18(15)19-14(5)17-10-11-21(6)20-17/h7-14,19H,1-6H3. The lowest BCUT2D eigenvalue weighted by Crippen LogP contribution is -2.12. The van der Waals surface area contributed by atoms with Gasteiger partial charge in [0.15, 0.2) is 0 Å². The molecular weight excluding hydrogens is 258 g/mol. The molecule has 0 saturated carbocycles. The Hall–Kier alpha value is -1.77. The minimum atomic E-state index is 0.198. The van der Waals surface area contributed by atoms with Crippen molar-refractivity contribution < 1.29 is 0 Å². The summed E-state index contributed by atoms with van der Waals surface area (Å²) < 4.78 is 1.85. The topological polar surface area (TPSA) is 29.9 Å². The highest BCUT2D eigenvalue weighted by Gasteiger charge is 2.17. The second-order valence-corrected chi connectivity index (χ2v) is 6.40. The predicted octanol–water partition coefficient (Wildman–Crippen LogP) is 4.84. The molecule has 1 aromatic carbocycles. The van der Waals surface area contributed by atoms with Gasteiger partial charge in [-0.2, -0.15) is 5.10 Å². The van der Waals surface area contributed by atoms with E-state index in [1.165, 1.54) is 16.8 Å². The molecule has 0 spiro atoms. The molecule has 21 heavy (non-hydrogen) atoms. The van der Waals surface area contributed by atoms with Crippen LogP contribution in [-0.2, 0) is 7.05 Å². The number of benzene rings is 1. The summed E-state index contributed by atoms with van der Waals surface area (Å²) >= 11 is 0. The van der Waals surface area contributed by atoms with E-state index in [2.05, 4.69) is 69.3 Å². The number of nitrogens with zero attached hydrogens (tertiary/aromatic N) is 2. The molecule has 1 heterocycles. The second kappa shape index (κ2) is 6.33. The van der Waals surface area contributed by atoms with E-state index in [-0.39, 0.29) is 6.04 Å². The first-order valence-electron chi connectivity index (χ1n) is 7.79. The van der Waals surface area contributed by atoms with Crippen LogP contribution in [0.5, 0.6) is 0 Å². The highest BCUT2D eigenvalue weighted by Crippen LogP contribution is 2.34. The van der Waals surface area contributed by atoms with Gasteiger partial charge in [0.25, 0.3) is 0 Å². The Bertz CT molecular complexity index is 570. The lowest BCUT2D eigenvalue weighted by atomic mass is 9.92. The fraction of sp³-hybridized carbons (Fsp3) is 0.500. The molecule has 0 aliphatic heterocycles. The third-order valence-electron chi connectivity index (χ3n) is 3.91. The van der Waals surface area contributed by atoms with Crippen LogP contribution in [0.15, 0.2) is 30.5 Å². The quantitative estimate of drug-likeness (QED) is 0.852. The maximum atomic E-state index is 4.51. The first-order valence-corrected chi connectivity index (χ1v) is 7.79. The van der Waals surface area contributed by atoms with Crippen molar-refractivity contribution in [3.8, 4) is 0 Å². The van der Waals surface area contributed by atoms with Crippen molar-refractivity contribution in [1.29, 1.82) is 0 Å². The van der Waals surface area contributed by atoms with Crippen molar-refractivity contribution in [2.45, 2.75) is 52.5 Å². The van der Waals surface area contributed by atoms with Gasteiger partial charge < -0.3 is 5.32 Å². The molecule has 2 aromatic rings. The number of anilines is 1. The van der Waals surface area contributed by atoms with Crippen LogP contribution in [0, 0.1) is 0 Å². The van der Waals surface area contributed by atoms with Gasteiger partial charge in [-0.3, -0.25) is 4.68 Å². The van der Waals surface area contributed by atoms with Crippen LogP contribution in [0.4, 0.5) is 5.69 Å². The van der Waals surface area contributed by atoms with Gasteiger partial charge in [0, 0.05) is 18.9 Å². The van der Waals surface area contributed by atoms with E-state index < -0.39 is 0 Å². The molecule has 0 amide bonds. The summed E-state index contributed by atoms with van der Waals surface area (Å²) in [5.41, 5.74) is 5.11. The zero-order valence-electron chi connectivity index (χ0n) is 14.0. The highest BCUT2D eigenvalue weighted by molar-refractivity contribution is 5.60. The lowest BCUT2D eigenvalue weighted by molar-refractivity contribution is 0.714. The minimum Gasteiger partial charge on any atom is -0.376 e. The molecule has 0 fully saturated rings. The number of para-hydroxylation sites is 1. The Balaban J connectivity index is 2.37. The molecule has 1 atom stereocenters. The van der Waals surface area contributed by atoms with E-state index in [1.807, 2.05) is 17.9 Å². The zero-order chi connectivity index (χ0) is 15.6. The number of rotatable bonds is 5. The average Bonchev–Trinajstić information content (AvgIpc) is 2.85. The summed E-state index contributed by atoms with van der Waals surface area (Å²) in [7, 11) is 1.96. The van der Waals surface area contributed by atoms with Gasteiger partial charge in [0.2, 0.25) is 0 Å². The van der Waals surface area contributed by atoms with E-state index in [4.69, 9.17) is 0 Å². The van der Waals surface area contributed by atoms with Gasteiger partial charge in [-0.15, -0.1) is 0 Å². The number of hydrogen-bond donors (Lipinski definition) is 1. The van der Waals surface area contributed by atoms with Crippen LogP contribution in [0.3, 0.4) is 0 Å². The Morgan fingerprint density at radius 1 is 0.952 bits per heavy atom. The van der Waals surface area contributed by atoms with Gasteiger partial charge >= 0.3 is 0 Å². The van der Waals surface area contributed by atoms with Crippen LogP contribution in [0.2, 0.25) is 0 Å². The molecular formula is C18H27N3. The molecule has 3 nitrogen and oxygen atoms in total. The van der Waals surface area contributed by atoms with Crippen molar-refractivity contribution in [1.82, 2.24) is 9.78 Å². The van der Waals surface area contributed by atoms with Gasteiger partial charge in [0.05, 0.1) is 11.7 Å². The molecule has 3 heteroatoms. The first-order chi connectivity index (χ1) is 9.90. The van der Waals surface area contributed by atoms with E-state index in [9.17, 15) is 0 Å². The number of hydrogen-bond acceptors (Lipinski definition) is 2. The monoisotopic (exact) mass is 285 g/mol. The fourth-order valence-electron chi connectivity index (χ4n) is 2.67. The van der Waals surface area contributed by atoms with Gasteiger partial charge in [0.1, 0.15) is 0 Å². The number of aryl methyl sites for hydroxylation is 1. The van der Waals surface area contributed by atoms with Crippen LogP contribution in [0.25, 0.3) is 0 Å². The summed E-state index contributed by atoms with van der Waals surface area (Å²) in [6.07, 6.45) is 1.99. The van der Waals surface area contributed by atoms with Crippen LogP contribution >= 0.6 is 0 Å². The molecule has 1 aromatic heterocycles. The Kier molecular flexibility index (Phi) is 4.71. The first kappa shape index (κ1) is 15.6. The molecule has 0 radical (unpaired) electrons. The summed E-state index contributed by atoms with van der Waals surface area (Å²) in [4.78, 5) is 0. The summed E-state index contributed by atoms with van der Waals surface area (Å²) in [6, 6.07) is 8.89. The SMILES string of the molecule is CC(C)c1cccc(C(C)C)c1NC(C)c1ccn(C)n1. The van der Waals surface area contributed by atoms with Crippen molar-refractivity contribution in [2.75, 3.05) is 5.32 Å². The minimum absolute atomic E-state index is 0.198. The van der Waals surface area contributed by atoms with Crippen molar-refractivity contribution >= 4 is 5.69 Å². The fourth-order valence-corrected chi connectivity index (χ4v) is 2.67. The predicted molar refractivity (Wildman–Crippen MR) is 89.9 cm³/mol. The van der Waals surface area contributed by atoms with Crippen LogP contribution in [0.1, 0.15) is 69.3 Å². The molecule has 0 aliphatic rings.